The van der Waals surface area contributed by atoms with Crippen LogP contribution in [0.3, 0.4) is 0 Å². The Kier molecular flexibility index (Phi) is 6.45. The van der Waals surface area contributed by atoms with Crippen LogP contribution in [0.2, 0.25) is 0 Å². The molecule has 0 nitrogen and oxygen atoms in total. The molecule has 2 aromatic carbocycles. The van der Waals surface area contributed by atoms with Crippen molar-refractivity contribution >= 4 is 6.08 Å². The van der Waals surface area contributed by atoms with Gasteiger partial charge in [0.15, 0.2) is 0 Å². The molecule has 3 aliphatic carbocycles. The van der Waals surface area contributed by atoms with Crippen LogP contribution in [-0.2, 0) is 12.8 Å². The summed E-state index contributed by atoms with van der Waals surface area (Å²) >= 11 is 0. The van der Waals surface area contributed by atoms with Gasteiger partial charge in [-0.05, 0) is 103 Å². The van der Waals surface area contributed by atoms with Crippen LogP contribution in [0.15, 0.2) is 60.2 Å². The fourth-order valence-electron chi connectivity index (χ4n) is 7.40. The Labute approximate surface area is 214 Å². The molecule has 3 aliphatic rings. The summed E-state index contributed by atoms with van der Waals surface area (Å²) in [5.41, 5.74) is 14.9. The van der Waals surface area contributed by atoms with Gasteiger partial charge in [0.2, 0.25) is 0 Å². The number of rotatable bonds is 6. The predicted octanol–water partition coefficient (Wildman–Crippen LogP) is 9.83. The molecule has 0 bridgehead atoms. The van der Waals surface area contributed by atoms with E-state index in [1.807, 2.05) is 0 Å². The summed E-state index contributed by atoms with van der Waals surface area (Å²) in [4.78, 5) is 0. The van der Waals surface area contributed by atoms with Crippen LogP contribution in [0.4, 0.5) is 0 Å². The summed E-state index contributed by atoms with van der Waals surface area (Å²) in [6, 6.07) is 11.8. The second-order valence-electron chi connectivity index (χ2n) is 12.4. The lowest BCUT2D eigenvalue weighted by Crippen LogP contribution is -2.13. The third-order valence-corrected chi connectivity index (χ3v) is 9.94. The molecule has 2 aromatic rings. The zero-order valence-corrected chi connectivity index (χ0v) is 22.8. The SMILES string of the molecule is C=C1CC(C)(CC)C(=C)C1CC1=Cc2cccc(-c3cc(C)cc(C)c3C[C@@H]3CCC[C@@H]3C)c2C1. The van der Waals surface area contributed by atoms with Crippen molar-refractivity contribution in [3.63, 3.8) is 0 Å². The molecule has 0 heterocycles. The highest BCUT2D eigenvalue weighted by molar-refractivity contribution is 5.80. The molecule has 0 heteroatoms. The fraction of sp³-hybridized carbons (Fsp3) is 0.486. The standard InChI is InChI=1S/C35H44/c1-8-35(7)21-25(5)31(26(35)6)18-27-17-29-13-10-14-30(33(29)19-27)34-16-22(2)15-24(4)32(34)20-28-12-9-11-23(28)3/h10,13-17,23,28,31H,5-6,8-9,11-12,18-21H2,1-4,7H3/t23-,28-,31?,35?/m0/s1. The molecule has 2 fully saturated rings. The molecular weight excluding hydrogens is 420 g/mol. The van der Waals surface area contributed by atoms with E-state index in [0.29, 0.717) is 5.92 Å². The van der Waals surface area contributed by atoms with Gasteiger partial charge >= 0.3 is 0 Å². The molecule has 0 saturated heterocycles. The van der Waals surface area contributed by atoms with E-state index >= 15 is 0 Å². The van der Waals surface area contributed by atoms with Gasteiger partial charge in [-0.25, -0.2) is 0 Å². The summed E-state index contributed by atoms with van der Waals surface area (Å²) in [6.45, 7) is 20.8. The van der Waals surface area contributed by atoms with E-state index in [0.717, 1.165) is 37.5 Å². The smallest absolute Gasteiger partial charge is 0.00448 e. The molecule has 5 rings (SSSR count). The minimum Gasteiger partial charge on any atom is -0.0992 e. The number of hydrogen-bond acceptors (Lipinski definition) is 0. The summed E-state index contributed by atoms with van der Waals surface area (Å²) in [5.74, 6) is 2.11. The van der Waals surface area contributed by atoms with Crippen molar-refractivity contribution in [3.05, 3.63) is 88.0 Å². The molecule has 0 N–H and O–H groups in total. The van der Waals surface area contributed by atoms with Gasteiger partial charge in [0.1, 0.15) is 0 Å². The number of hydrogen-bond donors (Lipinski definition) is 0. The van der Waals surface area contributed by atoms with Crippen LogP contribution >= 0.6 is 0 Å². The minimum atomic E-state index is 0.226. The Morgan fingerprint density at radius 1 is 1.03 bits per heavy atom. The van der Waals surface area contributed by atoms with Gasteiger partial charge in [-0.2, -0.15) is 0 Å². The highest BCUT2D eigenvalue weighted by atomic mass is 14.4. The Morgan fingerprint density at radius 2 is 1.83 bits per heavy atom. The Balaban J connectivity index is 1.45. The average Bonchev–Trinajstić information content (AvgIpc) is 3.48. The second-order valence-corrected chi connectivity index (χ2v) is 12.4. The molecule has 35 heavy (non-hydrogen) atoms. The first-order chi connectivity index (χ1) is 16.7. The predicted molar refractivity (Wildman–Crippen MR) is 153 cm³/mol. The van der Waals surface area contributed by atoms with Crippen LogP contribution in [0.1, 0.15) is 87.1 Å². The van der Waals surface area contributed by atoms with Crippen LogP contribution in [0.25, 0.3) is 17.2 Å². The normalized spacial score (nSPS) is 28.0. The van der Waals surface area contributed by atoms with E-state index < -0.39 is 0 Å². The first kappa shape index (κ1) is 24.4. The van der Waals surface area contributed by atoms with Crippen molar-refractivity contribution in [2.24, 2.45) is 23.2 Å². The van der Waals surface area contributed by atoms with Gasteiger partial charge < -0.3 is 0 Å². The van der Waals surface area contributed by atoms with E-state index in [4.69, 9.17) is 0 Å². The van der Waals surface area contributed by atoms with Crippen LogP contribution in [0.5, 0.6) is 0 Å². The quantitative estimate of drug-likeness (QED) is 0.373. The van der Waals surface area contributed by atoms with Gasteiger partial charge in [0.05, 0.1) is 0 Å². The molecule has 2 unspecified atom stereocenters. The largest absolute Gasteiger partial charge is 0.0992 e. The van der Waals surface area contributed by atoms with E-state index in [1.54, 1.807) is 11.1 Å². The van der Waals surface area contributed by atoms with Crippen molar-refractivity contribution < 1.29 is 0 Å². The van der Waals surface area contributed by atoms with Gasteiger partial charge in [-0.3, -0.25) is 0 Å². The molecule has 0 aromatic heterocycles. The van der Waals surface area contributed by atoms with Crippen molar-refractivity contribution in [2.45, 2.75) is 86.0 Å². The number of benzene rings is 2. The lowest BCUT2D eigenvalue weighted by atomic mass is 9.80. The Hall–Kier alpha value is -2.34. The van der Waals surface area contributed by atoms with Crippen LogP contribution in [0, 0.1) is 37.0 Å². The summed E-state index contributed by atoms with van der Waals surface area (Å²) < 4.78 is 0. The third-order valence-electron chi connectivity index (χ3n) is 9.94. The lowest BCUT2D eigenvalue weighted by Gasteiger charge is -2.25. The van der Waals surface area contributed by atoms with E-state index in [2.05, 4.69) is 84.2 Å². The van der Waals surface area contributed by atoms with Gasteiger partial charge in [-0.1, -0.05) is 105 Å². The minimum absolute atomic E-state index is 0.226. The molecule has 0 radical (unpaired) electrons. The maximum absolute atomic E-state index is 4.56. The maximum Gasteiger partial charge on any atom is 0.00448 e. The van der Waals surface area contributed by atoms with Crippen LogP contribution < -0.4 is 0 Å². The molecular formula is C35H44. The van der Waals surface area contributed by atoms with Gasteiger partial charge in [0, 0.05) is 5.92 Å². The molecule has 2 saturated carbocycles. The summed E-state index contributed by atoms with van der Waals surface area (Å²) in [7, 11) is 0. The number of aryl methyl sites for hydroxylation is 2. The van der Waals surface area contributed by atoms with Crippen molar-refractivity contribution in [3.8, 4) is 11.1 Å². The zero-order chi connectivity index (χ0) is 24.9. The number of allylic oxidation sites excluding steroid dienone is 3. The van der Waals surface area contributed by atoms with E-state index in [1.165, 1.54) is 70.2 Å². The second kappa shape index (κ2) is 9.27. The first-order valence-electron chi connectivity index (χ1n) is 14.0. The highest BCUT2D eigenvalue weighted by Crippen LogP contribution is 2.53. The van der Waals surface area contributed by atoms with Crippen molar-refractivity contribution in [1.29, 1.82) is 0 Å². The molecule has 0 spiro atoms. The highest BCUT2D eigenvalue weighted by Gasteiger charge is 2.40. The maximum atomic E-state index is 4.56. The molecule has 0 amide bonds. The van der Waals surface area contributed by atoms with Gasteiger partial charge in [-0.15, -0.1) is 0 Å². The Bertz CT molecular complexity index is 1200. The van der Waals surface area contributed by atoms with E-state index in [9.17, 15) is 0 Å². The third kappa shape index (κ3) is 4.39. The van der Waals surface area contributed by atoms with Crippen LogP contribution in [-0.4, -0.2) is 0 Å². The zero-order valence-electron chi connectivity index (χ0n) is 22.8. The summed E-state index contributed by atoms with van der Waals surface area (Å²) in [5, 5.41) is 0. The molecule has 4 atom stereocenters. The van der Waals surface area contributed by atoms with Crippen molar-refractivity contribution in [1.82, 2.24) is 0 Å². The number of fused-ring (bicyclic) bond motifs is 1. The van der Waals surface area contributed by atoms with Gasteiger partial charge in [0.25, 0.3) is 0 Å². The lowest BCUT2D eigenvalue weighted by molar-refractivity contribution is 0.404. The van der Waals surface area contributed by atoms with E-state index in [-0.39, 0.29) is 5.41 Å². The molecule has 0 aliphatic heterocycles. The average molecular weight is 465 g/mol. The van der Waals surface area contributed by atoms with Crippen molar-refractivity contribution in [2.75, 3.05) is 0 Å². The molecule has 184 valence electrons. The summed E-state index contributed by atoms with van der Waals surface area (Å²) in [6.07, 6.45) is 12.3. The fourth-order valence-corrected chi connectivity index (χ4v) is 7.40. The first-order valence-corrected chi connectivity index (χ1v) is 14.0. The Morgan fingerprint density at radius 3 is 2.51 bits per heavy atom. The monoisotopic (exact) mass is 464 g/mol. The topological polar surface area (TPSA) is 0 Å².